The van der Waals surface area contributed by atoms with Crippen molar-refractivity contribution in [1.29, 1.82) is 0 Å². The molecule has 21 heavy (non-hydrogen) atoms. The molecule has 0 bridgehead atoms. The van der Waals surface area contributed by atoms with Crippen LogP contribution in [0, 0.1) is 26.7 Å². The molecular formula is C19H33NO. The van der Waals surface area contributed by atoms with Gasteiger partial charge in [-0.05, 0) is 69.2 Å². The third kappa shape index (κ3) is 6.19. The Morgan fingerprint density at radius 1 is 1.14 bits per heavy atom. The zero-order valence-corrected chi connectivity index (χ0v) is 14.8. The van der Waals surface area contributed by atoms with Crippen molar-refractivity contribution in [2.75, 3.05) is 20.3 Å². The minimum Gasteiger partial charge on any atom is -0.384 e. The van der Waals surface area contributed by atoms with Crippen LogP contribution in [-0.4, -0.2) is 26.3 Å². The maximum atomic E-state index is 5.29. The molecule has 2 nitrogen and oxygen atoms in total. The van der Waals surface area contributed by atoms with E-state index in [1.165, 1.54) is 35.1 Å². The van der Waals surface area contributed by atoms with Gasteiger partial charge in [-0.2, -0.15) is 0 Å². The van der Waals surface area contributed by atoms with Crippen molar-refractivity contribution in [2.45, 2.75) is 59.9 Å². The minimum atomic E-state index is 0.537. The molecule has 2 atom stereocenters. The van der Waals surface area contributed by atoms with Gasteiger partial charge in [-0.25, -0.2) is 0 Å². The van der Waals surface area contributed by atoms with Crippen LogP contribution >= 0.6 is 0 Å². The summed E-state index contributed by atoms with van der Waals surface area (Å²) in [4.78, 5) is 0. The molecule has 1 aromatic rings. The van der Waals surface area contributed by atoms with Crippen LogP contribution in [-0.2, 0) is 11.2 Å². The monoisotopic (exact) mass is 291 g/mol. The SMILES string of the molecule is CCCNC(Cc1c(C)cc(C)cc1C)CC(C)COC. The van der Waals surface area contributed by atoms with Crippen LogP contribution in [0.25, 0.3) is 0 Å². The highest BCUT2D eigenvalue weighted by Crippen LogP contribution is 2.20. The number of ether oxygens (including phenoxy) is 1. The van der Waals surface area contributed by atoms with Crippen LogP contribution in [0.15, 0.2) is 12.1 Å². The molecule has 2 heteroatoms. The van der Waals surface area contributed by atoms with Crippen molar-refractivity contribution in [2.24, 2.45) is 5.92 Å². The Morgan fingerprint density at radius 2 is 1.76 bits per heavy atom. The summed E-state index contributed by atoms with van der Waals surface area (Å²) in [6.07, 6.45) is 3.47. The average molecular weight is 291 g/mol. The second-order valence-corrected chi connectivity index (χ2v) is 6.53. The molecule has 0 radical (unpaired) electrons. The lowest BCUT2D eigenvalue weighted by Crippen LogP contribution is -2.34. The normalized spacial score (nSPS) is 14.2. The molecule has 1 aromatic carbocycles. The van der Waals surface area contributed by atoms with Crippen LogP contribution in [0.3, 0.4) is 0 Å². The molecule has 0 saturated heterocycles. The van der Waals surface area contributed by atoms with E-state index in [0.717, 1.165) is 19.6 Å². The third-order valence-electron chi connectivity index (χ3n) is 4.11. The van der Waals surface area contributed by atoms with Crippen molar-refractivity contribution >= 4 is 0 Å². The van der Waals surface area contributed by atoms with Crippen molar-refractivity contribution in [3.8, 4) is 0 Å². The second-order valence-electron chi connectivity index (χ2n) is 6.53. The predicted molar refractivity (Wildman–Crippen MR) is 92.1 cm³/mol. The van der Waals surface area contributed by atoms with Crippen LogP contribution in [0.4, 0.5) is 0 Å². The van der Waals surface area contributed by atoms with Crippen molar-refractivity contribution in [3.05, 3.63) is 34.4 Å². The van der Waals surface area contributed by atoms with E-state index in [4.69, 9.17) is 4.74 Å². The van der Waals surface area contributed by atoms with E-state index in [0.29, 0.717) is 12.0 Å². The molecule has 1 rings (SSSR count). The lowest BCUT2D eigenvalue weighted by atomic mass is 9.91. The largest absolute Gasteiger partial charge is 0.384 e. The molecule has 2 unspecified atom stereocenters. The van der Waals surface area contributed by atoms with Crippen LogP contribution in [0.2, 0.25) is 0 Å². The molecule has 0 fully saturated rings. The maximum Gasteiger partial charge on any atom is 0.0488 e. The van der Waals surface area contributed by atoms with Gasteiger partial charge in [0.2, 0.25) is 0 Å². The lowest BCUT2D eigenvalue weighted by molar-refractivity contribution is 0.149. The molecule has 0 aromatic heterocycles. The summed E-state index contributed by atoms with van der Waals surface area (Å²) in [6.45, 7) is 13.1. The van der Waals surface area contributed by atoms with Crippen LogP contribution in [0.1, 0.15) is 48.9 Å². The van der Waals surface area contributed by atoms with Gasteiger partial charge in [0.1, 0.15) is 0 Å². The number of methoxy groups -OCH3 is 1. The fourth-order valence-electron chi connectivity index (χ4n) is 3.20. The molecule has 0 heterocycles. The summed E-state index contributed by atoms with van der Waals surface area (Å²) in [5.74, 6) is 0.593. The predicted octanol–water partition coefficient (Wildman–Crippen LogP) is 4.20. The Balaban J connectivity index is 2.80. The molecule has 120 valence electrons. The van der Waals surface area contributed by atoms with Crippen LogP contribution < -0.4 is 5.32 Å². The van der Waals surface area contributed by atoms with Crippen molar-refractivity contribution in [3.63, 3.8) is 0 Å². The summed E-state index contributed by atoms with van der Waals surface area (Å²) in [5.41, 5.74) is 5.73. The van der Waals surface area contributed by atoms with Gasteiger partial charge < -0.3 is 10.1 Å². The van der Waals surface area contributed by atoms with Gasteiger partial charge in [-0.1, -0.05) is 31.5 Å². The van der Waals surface area contributed by atoms with E-state index >= 15 is 0 Å². The highest BCUT2D eigenvalue weighted by atomic mass is 16.5. The first kappa shape index (κ1) is 18.2. The molecule has 0 aliphatic heterocycles. The number of rotatable bonds is 9. The van der Waals surface area contributed by atoms with E-state index in [1.807, 2.05) is 0 Å². The Kier molecular flexibility index (Phi) is 7.98. The van der Waals surface area contributed by atoms with Gasteiger partial charge >= 0.3 is 0 Å². The number of hydrogen-bond acceptors (Lipinski definition) is 2. The lowest BCUT2D eigenvalue weighted by Gasteiger charge is -2.24. The maximum absolute atomic E-state index is 5.29. The molecule has 0 spiro atoms. The van der Waals surface area contributed by atoms with Gasteiger partial charge in [0.25, 0.3) is 0 Å². The van der Waals surface area contributed by atoms with E-state index in [-0.39, 0.29) is 0 Å². The Morgan fingerprint density at radius 3 is 2.29 bits per heavy atom. The standard InChI is InChI=1S/C19H33NO/c1-7-8-20-18(11-15(3)13-21-6)12-19-16(4)9-14(2)10-17(19)5/h9-10,15,18,20H,7-8,11-13H2,1-6H3. The zero-order chi connectivity index (χ0) is 15.8. The van der Waals surface area contributed by atoms with Gasteiger partial charge in [-0.15, -0.1) is 0 Å². The minimum absolute atomic E-state index is 0.537. The Labute approximate surface area is 131 Å². The first-order valence-corrected chi connectivity index (χ1v) is 8.26. The van der Waals surface area contributed by atoms with Gasteiger partial charge in [0.05, 0.1) is 0 Å². The first-order chi connectivity index (χ1) is 9.97. The number of hydrogen-bond donors (Lipinski definition) is 1. The summed E-state index contributed by atoms with van der Waals surface area (Å²) >= 11 is 0. The average Bonchev–Trinajstić information content (AvgIpc) is 2.39. The fourth-order valence-corrected chi connectivity index (χ4v) is 3.20. The van der Waals surface area contributed by atoms with E-state index in [2.05, 4.69) is 52.1 Å². The molecular weight excluding hydrogens is 258 g/mol. The quantitative estimate of drug-likeness (QED) is 0.736. The highest BCUT2D eigenvalue weighted by molar-refractivity contribution is 5.38. The topological polar surface area (TPSA) is 21.3 Å². The Bertz CT molecular complexity index is 405. The number of nitrogens with one attached hydrogen (secondary N) is 1. The fraction of sp³-hybridized carbons (Fsp3) is 0.684. The third-order valence-corrected chi connectivity index (χ3v) is 4.11. The first-order valence-electron chi connectivity index (χ1n) is 8.26. The van der Waals surface area contributed by atoms with Gasteiger partial charge in [0, 0.05) is 19.8 Å². The zero-order valence-electron chi connectivity index (χ0n) is 14.8. The van der Waals surface area contributed by atoms with Crippen LogP contribution in [0.5, 0.6) is 0 Å². The summed E-state index contributed by atoms with van der Waals surface area (Å²) in [6, 6.07) is 5.14. The molecule has 0 aliphatic rings. The molecule has 0 saturated carbocycles. The summed E-state index contributed by atoms with van der Waals surface area (Å²) in [7, 11) is 1.79. The molecule has 0 aliphatic carbocycles. The summed E-state index contributed by atoms with van der Waals surface area (Å²) in [5, 5.41) is 3.72. The van der Waals surface area contributed by atoms with Gasteiger partial charge in [-0.3, -0.25) is 0 Å². The van der Waals surface area contributed by atoms with Crippen molar-refractivity contribution in [1.82, 2.24) is 5.32 Å². The molecule has 0 amide bonds. The second kappa shape index (κ2) is 9.22. The van der Waals surface area contributed by atoms with E-state index in [9.17, 15) is 0 Å². The number of aryl methyl sites for hydroxylation is 3. The Hall–Kier alpha value is -0.860. The smallest absolute Gasteiger partial charge is 0.0488 e. The van der Waals surface area contributed by atoms with Crippen molar-refractivity contribution < 1.29 is 4.74 Å². The summed E-state index contributed by atoms with van der Waals surface area (Å²) < 4.78 is 5.29. The number of benzene rings is 1. The molecule has 1 N–H and O–H groups in total. The van der Waals surface area contributed by atoms with Gasteiger partial charge in [0.15, 0.2) is 0 Å². The van der Waals surface area contributed by atoms with E-state index in [1.54, 1.807) is 7.11 Å². The highest BCUT2D eigenvalue weighted by Gasteiger charge is 2.16. The van der Waals surface area contributed by atoms with E-state index < -0.39 is 0 Å².